The average molecular weight is 363 g/mol. The Bertz CT molecular complexity index is 1060. The van der Waals surface area contributed by atoms with Crippen molar-refractivity contribution in [1.82, 2.24) is 9.55 Å². The van der Waals surface area contributed by atoms with Gasteiger partial charge in [-0.25, -0.2) is 9.88 Å². The van der Waals surface area contributed by atoms with E-state index in [2.05, 4.69) is 4.98 Å². The van der Waals surface area contributed by atoms with Gasteiger partial charge in [-0.3, -0.25) is 19.0 Å². The van der Waals surface area contributed by atoms with Gasteiger partial charge in [0.25, 0.3) is 17.4 Å². The highest BCUT2D eigenvalue weighted by molar-refractivity contribution is 7.98. The van der Waals surface area contributed by atoms with E-state index >= 15 is 0 Å². The molecule has 0 radical (unpaired) electrons. The van der Waals surface area contributed by atoms with Gasteiger partial charge in [-0.2, -0.15) is 0 Å². The molecule has 0 N–H and O–H groups in total. The number of para-hydroxylation sites is 1. The van der Waals surface area contributed by atoms with Crippen LogP contribution in [0.5, 0.6) is 0 Å². The van der Waals surface area contributed by atoms with Gasteiger partial charge in [0.2, 0.25) is 0 Å². The molecule has 2 aromatic carbocycles. The van der Waals surface area contributed by atoms with Crippen molar-refractivity contribution < 1.29 is 9.59 Å². The van der Waals surface area contributed by atoms with Crippen LogP contribution >= 0.6 is 11.8 Å². The van der Waals surface area contributed by atoms with Crippen molar-refractivity contribution in [3.05, 3.63) is 82.3 Å². The molecule has 7 heteroatoms. The van der Waals surface area contributed by atoms with Crippen LogP contribution in [0, 0.1) is 0 Å². The molecule has 0 atom stereocenters. The number of imide groups is 1. The summed E-state index contributed by atoms with van der Waals surface area (Å²) in [6.07, 6.45) is 3.10. The molecular formula is C19H13N3O3S. The van der Waals surface area contributed by atoms with Gasteiger partial charge in [-0.1, -0.05) is 42.1 Å². The molecular weight excluding hydrogens is 350 g/mol. The van der Waals surface area contributed by atoms with Crippen molar-refractivity contribution in [1.29, 1.82) is 0 Å². The molecule has 0 unspecified atom stereocenters. The summed E-state index contributed by atoms with van der Waals surface area (Å²) in [5.41, 5.74) is 0.671. The maximum atomic E-state index is 13.1. The first-order valence-corrected chi connectivity index (χ1v) is 9.05. The molecule has 0 fully saturated rings. The average Bonchev–Trinajstić information content (AvgIpc) is 2.93. The maximum Gasteiger partial charge on any atom is 0.283 e. The quantitative estimate of drug-likeness (QED) is 0.406. The Kier molecular flexibility index (Phi) is 3.93. The van der Waals surface area contributed by atoms with Crippen molar-refractivity contribution in [2.45, 2.75) is 5.16 Å². The fraction of sp³-hybridized carbons (Fsp3) is 0.0526. The molecule has 2 heterocycles. The number of carbonyl (C=O) groups excluding carboxylic acids is 2. The Labute approximate surface area is 153 Å². The van der Waals surface area contributed by atoms with Gasteiger partial charge >= 0.3 is 0 Å². The minimum atomic E-state index is -0.513. The molecule has 6 nitrogen and oxygen atoms in total. The molecule has 0 saturated carbocycles. The van der Waals surface area contributed by atoms with Crippen LogP contribution in [-0.4, -0.2) is 27.6 Å². The molecule has 0 bridgehead atoms. The number of hydrogen-bond donors (Lipinski definition) is 0. The van der Waals surface area contributed by atoms with Crippen molar-refractivity contribution in [2.24, 2.45) is 0 Å². The fourth-order valence-electron chi connectivity index (χ4n) is 2.94. The summed E-state index contributed by atoms with van der Waals surface area (Å²) in [4.78, 5) is 43.7. The van der Waals surface area contributed by atoms with Crippen LogP contribution in [0.4, 0.5) is 5.69 Å². The van der Waals surface area contributed by atoms with Gasteiger partial charge < -0.3 is 0 Å². The topological polar surface area (TPSA) is 72.3 Å². The van der Waals surface area contributed by atoms with Crippen LogP contribution in [0.3, 0.4) is 0 Å². The van der Waals surface area contributed by atoms with Crippen LogP contribution in [0.1, 0.15) is 20.7 Å². The lowest BCUT2D eigenvalue weighted by Crippen LogP contribution is -2.36. The van der Waals surface area contributed by atoms with Gasteiger partial charge in [0, 0.05) is 0 Å². The Morgan fingerprint density at radius 2 is 1.42 bits per heavy atom. The zero-order valence-corrected chi connectivity index (χ0v) is 14.6. The molecule has 4 rings (SSSR count). The van der Waals surface area contributed by atoms with E-state index in [9.17, 15) is 14.4 Å². The zero-order valence-electron chi connectivity index (χ0n) is 13.7. The summed E-state index contributed by atoms with van der Waals surface area (Å²) >= 11 is 1.31. The molecule has 1 aromatic heterocycles. The lowest BCUT2D eigenvalue weighted by molar-refractivity contribution is 0.0925. The minimum absolute atomic E-state index is 0.0575. The number of aromatic nitrogens is 2. The van der Waals surface area contributed by atoms with E-state index in [0.717, 1.165) is 4.90 Å². The number of fused-ring (bicyclic) bond motifs is 1. The highest BCUT2D eigenvalue weighted by atomic mass is 32.2. The van der Waals surface area contributed by atoms with Gasteiger partial charge in [0.05, 0.1) is 23.0 Å². The van der Waals surface area contributed by atoms with Crippen molar-refractivity contribution in [3.63, 3.8) is 0 Å². The molecule has 1 aliphatic heterocycles. The molecule has 2 amide bonds. The van der Waals surface area contributed by atoms with E-state index in [0.29, 0.717) is 10.8 Å². The van der Waals surface area contributed by atoms with Gasteiger partial charge in [0.15, 0.2) is 5.16 Å². The molecule has 1 aliphatic rings. The standard InChI is InChI=1S/C19H13N3O3S/c1-26-19-20-11-15(18(25)21(19)12-7-3-2-4-8-12)22-16(23)13-9-5-6-10-14(13)17(22)24/h2-11H,1H3. The Hall–Kier alpha value is -3.19. The summed E-state index contributed by atoms with van der Waals surface area (Å²) in [5, 5.41) is 0.474. The van der Waals surface area contributed by atoms with E-state index in [4.69, 9.17) is 0 Å². The lowest BCUT2D eigenvalue weighted by Gasteiger charge is -2.16. The fourth-order valence-corrected chi connectivity index (χ4v) is 3.47. The van der Waals surface area contributed by atoms with Crippen molar-refractivity contribution in [2.75, 3.05) is 11.2 Å². The summed E-state index contributed by atoms with van der Waals surface area (Å²) in [6, 6.07) is 15.5. The second-order valence-corrected chi connectivity index (χ2v) is 6.37. The Morgan fingerprint density at radius 1 is 0.846 bits per heavy atom. The van der Waals surface area contributed by atoms with Crippen LogP contribution in [-0.2, 0) is 0 Å². The van der Waals surface area contributed by atoms with Gasteiger partial charge in [0.1, 0.15) is 5.69 Å². The summed E-state index contributed by atoms with van der Waals surface area (Å²) in [7, 11) is 0. The number of thioether (sulfide) groups is 1. The van der Waals surface area contributed by atoms with Crippen LogP contribution in [0.2, 0.25) is 0 Å². The summed E-state index contributed by atoms with van der Waals surface area (Å²) in [5.74, 6) is -1.03. The second kappa shape index (κ2) is 6.27. The molecule has 0 saturated heterocycles. The van der Waals surface area contributed by atoms with Gasteiger partial charge in [-0.15, -0.1) is 0 Å². The Morgan fingerprint density at radius 3 is 2.00 bits per heavy atom. The second-order valence-electron chi connectivity index (χ2n) is 5.60. The molecule has 0 aliphatic carbocycles. The first-order valence-electron chi connectivity index (χ1n) is 7.82. The van der Waals surface area contributed by atoms with Crippen molar-refractivity contribution >= 4 is 29.3 Å². The van der Waals surface area contributed by atoms with Crippen molar-refractivity contribution in [3.8, 4) is 5.69 Å². The van der Waals surface area contributed by atoms with Crippen LogP contribution in [0.15, 0.2) is 70.7 Å². The molecule has 3 aromatic rings. The third kappa shape index (κ3) is 2.36. The normalized spacial score (nSPS) is 13.2. The van der Waals surface area contributed by atoms with E-state index in [1.807, 2.05) is 12.3 Å². The first-order chi connectivity index (χ1) is 12.6. The number of carbonyl (C=O) groups is 2. The van der Waals surface area contributed by atoms with E-state index in [1.165, 1.54) is 22.5 Å². The predicted molar refractivity (Wildman–Crippen MR) is 99.2 cm³/mol. The monoisotopic (exact) mass is 363 g/mol. The SMILES string of the molecule is CSc1ncc(N2C(=O)c3ccccc3C2=O)c(=O)n1-c1ccccc1. The van der Waals surface area contributed by atoms with E-state index < -0.39 is 17.4 Å². The third-order valence-corrected chi connectivity index (χ3v) is 4.80. The largest absolute Gasteiger partial charge is 0.283 e. The highest BCUT2D eigenvalue weighted by Gasteiger charge is 2.38. The lowest BCUT2D eigenvalue weighted by atomic mass is 10.1. The third-order valence-electron chi connectivity index (χ3n) is 4.14. The number of rotatable bonds is 3. The van der Waals surface area contributed by atoms with Crippen LogP contribution in [0.25, 0.3) is 5.69 Å². The number of amides is 2. The number of nitrogens with zero attached hydrogens (tertiary/aromatic N) is 3. The summed E-state index contributed by atoms with van der Waals surface area (Å²) in [6.45, 7) is 0. The predicted octanol–water partition coefficient (Wildman–Crippen LogP) is 2.76. The molecule has 0 spiro atoms. The van der Waals surface area contributed by atoms with Crippen LogP contribution < -0.4 is 10.5 Å². The summed E-state index contributed by atoms with van der Waals surface area (Å²) < 4.78 is 1.41. The number of benzene rings is 2. The van der Waals surface area contributed by atoms with Gasteiger partial charge in [-0.05, 0) is 30.5 Å². The smallest absolute Gasteiger partial charge is 0.268 e. The number of anilines is 1. The Balaban J connectivity index is 1.91. The maximum absolute atomic E-state index is 13.1. The number of hydrogen-bond acceptors (Lipinski definition) is 5. The highest BCUT2D eigenvalue weighted by Crippen LogP contribution is 2.27. The zero-order chi connectivity index (χ0) is 18.3. The first kappa shape index (κ1) is 16.3. The molecule has 26 heavy (non-hydrogen) atoms. The van der Waals surface area contributed by atoms with E-state index in [-0.39, 0.29) is 16.8 Å². The van der Waals surface area contributed by atoms with E-state index in [1.54, 1.807) is 48.5 Å². The minimum Gasteiger partial charge on any atom is -0.268 e. The molecule has 128 valence electrons.